The summed E-state index contributed by atoms with van der Waals surface area (Å²) in [6.45, 7) is 4.20. The summed E-state index contributed by atoms with van der Waals surface area (Å²) in [5, 5.41) is 0. The van der Waals surface area contributed by atoms with Gasteiger partial charge in [-0.25, -0.2) is 0 Å². The zero-order valence-corrected chi connectivity index (χ0v) is 11.7. The van der Waals surface area contributed by atoms with Gasteiger partial charge in [0.2, 0.25) is 12.7 Å². The third kappa shape index (κ3) is 2.79. The minimum Gasteiger partial charge on any atom is -0.454 e. The fourth-order valence-corrected chi connectivity index (χ4v) is 2.68. The summed E-state index contributed by atoms with van der Waals surface area (Å²) in [4.78, 5) is 14.1. The lowest BCUT2D eigenvalue weighted by Gasteiger charge is -2.30. The van der Waals surface area contributed by atoms with Crippen LogP contribution >= 0.6 is 0 Å². The van der Waals surface area contributed by atoms with Crippen molar-refractivity contribution in [3.8, 4) is 11.5 Å². The number of fused-ring (bicyclic) bond motifs is 1. The largest absolute Gasteiger partial charge is 0.454 e. The van der Waals surface area contributed by atoms with Crippen molar-refractivity contribution in [3.63, 3.8) is 0 Å². The normalized spacial score (nSPS) is 21.4. The highest BCUT2D eigenvalue weighted by molar-refractivity contribution is 5.92. The first-order chi connectivity index (χ1) is 9.72. The van der Waals surface area contributed by atoms with Gasteiger partial charge in [-0.3, -0.25) is 4.79 Å². The van der Waals surface area contributed by atoms with Crippen molar-refractivity contribution in [1.82, 2.24) is 4.90 Å². The van der Waals surface area contributed by atoms with E-state index in [0.29, 0.717) is 5.92 Å². The molecule has 0 spiro atoms. The van der Waals surface area contributed by atoms with E-state index in [4.69, 9.17) is 9.47 Å². The Labute approximate surface area is 119 Å². The van der Waals surface area contributed by atoms with E-state index in [0.717, 1.165) is 36.6 Å². The molecule has 0 radical (unpaired) electrons. The Bertz CT molecular complexity index is 539. The average Bonchev–Trinajstić information content (AvgIpc) is 2.92. The highest BCUT2D eigenvalue weighted by atomic mass is 16.7. The second-order valence-electron chi connectivity index (χ2n) is 5.48. The van der Waals surface area contributed by atoms with Crippen molar-refractivity contribution in [1.29, 1.82) is 0 Å². The maximum Gasteiger partial charge on any atom is 0.246 e. The minimum absolute atomic E-state index is 0.0919. The van der Waals surface area contributed by atoms with E-state index in [2.05, 4.69) is 6.92 Å². The van der Waals surface area contributed by atoms with Gasteiger partial charge >= 0.3 is 0 Å². The van der Waals surface area contributed by atoms with E-state index in [9.17, 15) is 4.79 Å². The van der Waals surface area contributed by atoms with Crippen molar-refractivity contribution < 1.29 is 14.3 Å². The average molecular weight is 273 g/mol. The molecule has 1 atom stereocenters. The van der Waals surface area contributed by atoms with Crippen LogP contribution in [0.25, 0.3) is 6.08 Å². The van der Waals surface area contributed by atoms with E-state index in [1.165, 1.54) is 6.42 Å². The molecule has 20 heavy (non-hydrogen) atoms. The Balaban J connectivity index is 1.66. The Morgan fingerprint density at radius 1 is 1.35 bits per heavy atom. The summed E-state index contributed by atoms with van der Waals surface area (Å²) in [6, 6.07) is 5.69. The van der Waals surface area contributed by atoms with E-state index in [1.54, 1.807) is 6.08 Å². The number of hydrogen-bond acceptors (Lipinski definition) is 3. The molecule has 0 aromatic heterocycles. The minimum atomic E-state index is 0.0919. The van der Waals surface area contributed by atoms with Crippen LogP contribution in [0.3, 0.4) is 0 Å². The SMILES string of the molecule is CC1CCCN(C(=O)C=Cc2ccc3c(c2)OCO3)C1. The Morgan fingerprint density at radius 3 is 3.05 bits per heavy atom. The quantitative estimate of drug-likeness (QED) is 0.778. The van der Waals surface area contributed by atoms with Crippen molar-refractivity contribution in [3.05, 3.63) is 29.8 Å². The van der Waals surface area contributed by atoms with E-state index >= 15 is 0 Å². The molecular weight excluding hydrogens is 254 g/mol. The zero-order chi connectivity index (χ0) is 13.9. The molecule has 2 aliphatic heterocycles. The van der Waals surface area contributed by atoms with Crippen LogP contribution < -0.4 is 9.47 Å². The smallest absolute Gasteiger partial charge is 0.246 e. The predicted octanol–water partition coefficient (Wildman–Crippen LogP) is 2.69. The molecule has 0 N–H and O–H groups in total. The molecule has 2 heterocycles. The fraction of sp³-hybridized carbons (Fsp3) is 0.438. The van der Waals surface area contributed by atoms with Gasteiger partial charge in [0.05, 0.1) is 0 Å². The summed E-state index contributed by atoms with van der Waals surface area (Å²) < 4.78 is 10.6. The van der Waals surface area contributed by atoms with Gasteiger partial charge < -0.3 is 14.4 Å². The van der Waals surface area contributed by atoms with Crippen LogP contribution in [0.5, 0.6) is 11.5 Å². The molecule has 0 aliphatic carbocycles. The van der Waals surface area contributed by atoms with Crippen molar-refractivity contribution in [2.75, 3.05) is 19.9 Å². The Kier molecular flexibility index (Phi) is 3.63. The van der Waals surface area contributed by atoms with Gasteiger partial charge in [0.15, 0.2) is 11.5 Å². The molecule has 1 aromatic carbocycles. The summed E-state index contributed by atoms with van der Waals surface area (Å²) in [5.74, 6) is 2.20. The number of amides is 1. The number of carbonyl (C=O) groups excluding carboxylic acids is 1. The van der Waals surface area contributed by atoms with Gasteiger partial charge in [0, 0.05) is 19.2 Å². The molecule has 1 fully saturated rings. The third-order valence-electron chi connectivity index (χ3n) is 3.78. The van der Waals surface area contributed by atoms with Gasteiger partial charge in [-0.05, 0) is 42.5 Å². The first-order valence-corrected chi connectivity index (χ1v) is 7.09. The van der Waals surface area contributed by atoms with Crippen LogP contribution in [-0.4, -0.2) is 30.7 Å². The van der Waals surface area contributed by atoms with Gasteiger partial charge in [0.1, 0.15) is 0 Å². The summed E-state index contributed by atoms with van der Waals surface area (Å²) in [6.07, 6.45) is 5.81. The van der Waals surface area contributed by atoms with E-state index < -0.39 is 0 Å². The van der Waals surface area contributed by atoms with Crippen LogP contribution in [-0.2, 0) is 4.79 Å². The van der Waals surface area contributed by atoms with Crippen LogP contribution in [0.15, 0.2) is 24.3 Å². The number of rotatable bonds is 2. The number of carbonyl (C=O) groups is 1. The number of nitrogens with zero attached hydrogens (tertiary/aromatic N) is 1. The molecule has 1 amide bonds. The van der Waals surface area contributed by atoms with Crippen LogP contribution in [0.4, 0.5) is 0 Å². The molecule has 1 saturated heterocycles. The van der Waals surface area contributed by atoms with Crippen molar-refractivity contribution in [2.24, 2.45) is 5.92 Å². The molecule has 4 nitrogen and oxygen atoms in total. The second kappa shape index (κ2) is 5.57. The molecule has 3 rings (SSSR count). The standard InChI is InChI=1S/C16H19NO3/c1-12-3-2-8-17(10-12)16(18)7-5-13-4-6-14-15(9-13)20-11-19-14/h4-7,9,12H,2-3,8,10-11H2,1H3. The molecular formula is C16H19NO3. The molecule has 2 aliphatic rings. The molecule has 4 heteroatoms. The lowest BCUT2D eigenvalue weighted by Crippen LogP contribution is -2.38. The topological polar surface area (TPSA) is 38.8 Å². The molecule has 0 bridgehead atoms. The van der Waals surface area contributed by atoms with Gasteiger partial charge in [-0.15, -0.1) is 0 Å². The van der Waals surface area contributed by atoms with Crippen molar-refractivity contribution >= 4 is 12.0 Å². The third-order valence-corrected chi connectivity index (χ3v) is 3.78. The monoisotopic (exact) mass is 273 g/mol. The summed E-state index contributed by atoms with van der Waals surface area (Å²) in [7, 11) is 0. The van der Waals surface area contributed by atoms with E-state index in [-0.39, 0.29) is 12.7 Å². The van der Waals surface area contributed by atoms with Crippen LogP contribution in [0.2, 0.25) is 0 Å². The second-order valence-corrected chi connectivity index (χ2v) is 5.48. The summed E-state index contributed by atoms with van der Waals surface area (Å²) >= 11 is 0. The van der Waals surface area contributed by atoms with E-state index in [1.807, 2.05) is 29.2 Å². The maximum absolute atomic E-state index is 12.1. The number of hydrogen-bond donors (Lipinski definition) is 0. The molecule has 106 valence electrons. The number of likely N-dealkylation sites (tertiary alicyclic amines) is 1. The Morgan fingerprint density at radius 2 is 2.20 bits per heavy atom. The maximum atomic E-state index is 12.1. The van der Waals surface area contributed by atoms with Gasteiger partial charge in [0.25, 0.3) is 0 Å². The first kappa shape index (κ1) is 13.0. The fourth-order valence-electron chi connectivity index (χ4n) is 2.68. The number of piperidine rings is 1. The highest BCUT2D eigenvalue weighted by Crippen LogP contribution is 2.32. The summed E-state index contributed by atoms with van der Waals surface area (Å²) in [5.41, 5.74) is 0.952. The Hall–Kier alpha value is -1.97. The highest BCUT2D eigenvalue weighted by Gasteiger charge is 2.19. The van der Waals surface area contributed by atoms with Crippen LogP contribution in [0.1, 0.15) is 25.3 Å². The number of ether oxygens (including phenoxy) is 2. The lowest BCUT2D eigenvalue weighted by atomic mass is 10.0. The van der Waals surface area contributed by atoms with Crippen molar-refractivity contribution in [2.45, 2.75) is 19.8 Å². The first-order valence-electron chi connectivity index (χ1n) is 7.09. The van der Waals surface area contributed by atoms with Gasteiger partial charge in [-0.1, -0.05) is 13.0 Å². The molecule has 0 saturated carbocycles. The van der Waals surface area contributed by atoms with Gasteiger partial charge in [-0.2, -0.15) is 0 Å². The molecule has 1 aromatic rings. The number of benzene rings is 1. The zero-order valence-electron chi connectivity index (χ0n) is 11.7. The van der Waals surface area contributed by atoms with Crippen LogP contribution in [0, 0.1) is 5.92 Å². The predicted molar refractivity (Wildman–Crippen MR) is 76.6 cm³/mol. The lowest BCUT2D eigenvalue weighted by molar-refractivity contribution is -0.127. The molecule has 1 unspecified atom stereocenters.